The summed E-state index contributed by atoms with van der Waals surface area (Å²) in [6.45, 7) is 6.25. The third-order valence-corrected chi connectivity index (χ3v) is 4.55. The van der Waals surface area contributed by atoms with Gasteiger partial charge in [-0.25, -0.2) is 4.79 Å². The van der Waals surface area contributed by atoms with Crippen LogP contribution in [0.5, 0.6) is 0 Å². The minimum absolute atomic E-state index is 0.125. The van der Waals surface area contributed by atoms with Gasteiger partial charge in [0.05, 0.1) is 18.0 Å². The number of carbonyl (C=O) groups excluding carboxylic acids is 2. The maximum atomic E-state index is 12.5. The molecule has 1 aromatic carbocycles. The van der Waals surface area contributed by atoms with Crippen molar-refractivity contribution in [2.24, 2.45) is 5.41 Å². The van der Waals surface area contributed by atoms with Crippen molar-refractivity contribution in [3.05, 3.63) is 57.8 Å². The van der Waals surface area contributed by atoms with Gasteiger partial charge in [0, 0.05) is 0 Å². The van der Waals surface area contributed by atoms with E-state index in [2.05, 4.69) is 30.8 Å². The first kappa shape index (κ1) is 17.2. The van der Waals surface area contributed by atoms with Crippen LogP contribution in [0.3, 0.4) is 0 Å². The highest BCUT2D eigenvalue weighted by Gasteiger charge is 2.28. The molecule has 0 aliphatic rings. The number of amides is 1. The highest BCUT2D eigenvalue weighted by atomic mass is 32.1. The molecule has 0 saturated carbocycles. The van der Waals surface area contributed by atoms with Crippen molar-refractivity contribution < 1.29 is 14.3 Å². The Morgan fingerprint density at radius 3 is 2.22 bits per heavy atom. The number of thiophene rings is 1. The number of carbonyl (C=O) groups is 2. The zero-order chi connectivity index (χ0) is 17.0. The third-order valence-electron chi connectivity index (χ3n) is 3.49. The smallest absolute Gasteiger partial charge is 0.348 e. The maximum Gasteiger partial charge on any atom is 0.348 e. The largest absolute Gasteiger partial charge is 0.465 e. The summed E-state index contributed by atoms with van der Waals surface area (Å²) in [4.78, 5) is 25.0. The van der Waals surface area contributed by atoms with E-state index < -0.39 is 5.97 Å². The highest BCUT2D eigenvalue weighted by molar-refractivity contribution is 7.15. The molecule has 0 fully saturated rings. The van der Waals surface area contributed by atoms with Crippen molar-refractivity contribution in [1.29, 1.82) is 0 Å². The van der Waals surface area contributed by atoms with Crippen LogP contribution < -0.4 is 5.32 Å². The van der Waals surface area contributed by atoms with Crippen LogP contribution >= 0.6 is 11.3 Å². The summed E-state index contributed by atoms with van der Waals surface area (Å²) in [6, 6.07) is 13.0. The second-order valence-electron chi connectivity index (χ2n) is 6.34. The van der Waals surface area contributed by atoms with Crippen LogP contribution in [-0.4, -0.2) is 19.0 Å². The standard InChI is InChI=1S/C18H21NO3S/c1-18(2,3)15(12-8-6-5-7-9-12)19-16(20)13-10-11-14(23-13)17(21)22-4/h5-11,15H,1-4H3,(H,19,20). The van der Waals surface area contributed by atoms with Crippen molar-refractivity contribution in [1.82, 2.24) is 5.32 Å². The second kappa shape index (κ2) is 6.96. The number of nitrogens with one attached hydrogen (secondary N) is 1. The molecule has 0 spiro atoms. The molecule has 2 aromatic rings. The van der Waals surface area contributed by atoms with E-state index in [1.807, 2.05) is 30.3 Å². The molecule has 1 N–H and O–H groups in total. The molecule has 0 bridgehead atoms. The van der Waals surface area contributed by atoms with E-state index in [9.17, 15) is 9.59 Å². The monoisotopic (exact) mass is 331 g/mol. The van der Waals surface area contributed by atoms with Crippen molar-refractivity contribution >= 4 is 23.2 Å². The van der Waals surface area contributed by atoms with E-state index in [0.717, 1.165) is 16.9 Å². The van der Waals surface area contributed by atoms with Crippen molar-refractivity contribution in [2.75, 3.05) is 7.11 Å². The number of methoxy groups -OCH3 is 1. The van der Waals surface area contributed by atoms with Gasteiger partial charge in [-0.2, -0.15) is 0 Å². The molecule has 122 valence electrons. The first-order valence-electron chi connectivity index (χ1n) is 7.37. The fourth-order valence-electron chi connectivity index (χ4n) is 2.32. The Bertz CT molecular complexity index is 686. The van der Waals surface area contributed by atoms with Crippen molar-refractivity contribution in [2.45, 2.75) is 26.8 Å². The topological polar surface area (TPSA) is 55.4 Å². The number of benzene rings is 1. The number of esters is 1. The molecule has 5 heteroatoms. The summed E-state index contributed by atoms with van der Waals surface area (Å²) in [7, 11) is 1.33. The van der Waals surface area contributed by atoms with Crippen LogP contribution in [0.1, 0.15) is 51.7 Å². The SMILES string of the molecule is COC(=O)c1ccc(C(=O)NC(c2ccccc2)C(C)(C)C)s1. The molecule has 1 aromatic heterocycles. The fourth-order valence-corrected chi connectivity index (χ4v) is 3.15. The van der Waals surface area contributed by atoms with Gasteiger partial charge in [-0.3, -0.25) is 4.79 Å². The summed E-state index contributed by atoms with van der Waals surface area (Å²) < 4.78 is 4.67. The molecule has 1 atom stereocenters. The summed E-state index contributed by atoms with van der Waals surface area (Å²) in [5.41, 5.74) is 0.914. The highest BCUT2D eigenvalue weighted by Crippen LogP contribution is 2.33. The molecular weight excluding hydrogens is 310 g/mol. The molecule has 0 aliphatic heterocycles. The van der Waals surface area contributed by atoms with Crippen LogP contribution in [0.25, 0.3) is 0 Å². The van der Waals surface area contributed by atoms with Gasteiger partial charge >= 0.3 is 5.97 Å². The van der Waals surface area contributed by atoms with Crippen LogP contribution in [0.4, 0.5) is 0 Å². The molecule has 0 saturated heterocycles. The van der Waals surface area contributed by atoms with E-state index in [-0.39, 0.29) is 17.4 Å². The summed E-state index contributed by atoms with van der Waals surface area (Å²) in [5.74, 6) is -0.613. The number of hydrogen-bond acceptors (Lipinski definition) is 4. The number of hydrogen-bond donors (Lipinski definition) is 1. The molecule has 0 aliphatic carbocycles. The Morgan fingerprint density at radius 2 is 1.65 bits per heavy atom. The fraction of sp³-hybridized carbons (Fsp3) is 0.333. The Balaban J connectivity index is 2.21. The Kier molecular flexibility index (Phi) is 5.21. The zero-order valence-corrected chi connectivity index (χ0v) is 14.6. The molecule has 0 radical (unpaired) electrons. The summed E-state index contributed by atoms with van der Waals surface area (Å²) in [5, 5.41) is 3.08. The van der Waals surface area contributed by atoms with E-state index >= 15 is 0 Å². The van der Waals surface area contributed by atoms with E-state index in [4.69, 9.17) is 0 Å². The Morgan fingerprint density at radius 1 is 1.04 bits per heavy atom. The Labute approximate surface area is 140 Å². The van der Waals surface area contributed by atoms with Gasteiger partial charge < -0.3 is 10.1 Å². The average Bonchev–Trinajstić information content (AvgIpc) is 3.01. The van der Waals surface area contributed by atoms with Crippen LogP contribution in [0.15, 0.2) is 42.5 Å². The molecular formula is C18H21NO3S. The zero-order valence-electron chi connectivity index (χ0n) is 13.8. The van der Waals surface area contributed by atoms with Gasteiger partial charge in [0.25, 0.3) is 5.91 Å². The summed E-state index contributed by atoms with van der Waals surface area (Å²) >= 11 is 1.13. The van der Waals surface area contributed by atoms with Gasteiger partial charge in [0.15, 0.2) is 0 Å². The van der Waals surface area contributed by atoms with Gasteiger partial charge in [-0.05, 0) is 23.1 Å². The quantitative estimate of drug-likeness (QED) is 0.860. The lowest BCUT2D eigenvalue weighted by molar-refractivity contribution is 0.0606. The molecule has 1 amide bonds. The minimum atomic E-state index is -0.426. The van der Waals surface area contributed by atoms with Crippen LogP contribution in [0.2, 0.25) is 0 Å². The van der Waals surface area contributed by atoms with E-state index in [1.54, 1.807) is 12.1 Å². The predicted octanol–water partition coefficient (Wildman–Crippen LogP) is 4.05. The van der Waals surface area contributed by atoms with Crippen molar-refractivity contribution in [3.8, 4) is 0 Å². The third kappa shape index (κ3) is 4.20. The van der Waals surface area contributed by atoms with Crippen LogP contribution in [-0.2, 0) is 4.74 Å². The average molecular weight is 331 g/mol. The lowest BCUT2D eigenvalue weighted by Crippen LogP contribution is -2.36. The molecule has 1 heterocycles. The molecule has 1 unspecified atom stereocenters. The van der Waals surface area contributed by atoms with Crippen molar-refractivity contribution in [3.63, 3.8) is 0 Å². The number of rotatable bonds is 4. The lowest BCUT2D eigenvalue weighted by Gasteiger charge is -2.31. The summed E-state index contributed by atoms with van der Waals surface area (Å²) in [6.07, 6.45) is 0. The van der Waals surface area contributed by atoms with Gasteiger partial charge in [0.1, 0.15) is 4.88 Å². The first-order chi connectivity index (χ1) is 10.8. The second-order valence-corrected chi connectivity index (χ2v) is 7.42. The van der Waals surface area contributed by atoms with E-state index in [0.29, 0.717) is 9.75 Å². The lowest BCUT2D eigenvalue weighted by atomic mass is 9.82. The first-order valence-corrected chi connectivity index (χ1v) is 8.18. The van der Waals surface area contributed by atoms with Gasteiger partial charge in [0.2, 0.25) is 0 Å². The minimum Gasteiger partial charge on any atom is -0.465 e. The normalized spacial score (nSPS) is 12.5. The molecule has 23 heavy (non-hydrogen) atoms. The van der Waals surface area contributed by atoms with Gasteiger partial charge in [-0.15, -0.1) is 11.3 Å². The molecule has 4 nitrogen and oxygen atoms in total. The van der Waals surface area contributed by atoms with Gasteiger partial charge in [-0.1, -0.05) is 51.1 Å². The maximum absolute atomic E-state index is 12.5. The van der Waals surface area contributed by atoms with Crippen LogP contribution in [0, 0.1) is 5.41 Å². The Hall–Kier alpha value is -2.14. The molecule has 2 rings (SSSR count). The number of ether oxygens (including phenoxy) is 1. The van der Waals surface area contributed by atoms with E-state index in [1.165, 1.54) is 7.11 Å². The predicted molar refractivity (Wildman–Crippen MR) is 91.8 cm³/mol.